The third-order valence-electron chi connectivity index (χ3n) is 7.61. The number of urea groups is 1. The maximum atomic E-state index is 13.9. The summed E-state index contributed by atoms with van der Waals surface area (Å²) in [5, 5.41) is 11.0. The van der Waals surface area contributed by atoms with E-state index in [-0.39, 0.29) is 24.1 Å². The van der Waals surface area contributed by atoms with Gasteiger partial charge in [0.15, 0.2) is 0 Å². The highest BCUT2D eigenvalue weighted by Crippen LogP contribution is 2.50. The lowest BCUT2D eigenvalue weighted by atomic mass is 9.68. The number of carbonyl (C=O) groups is 1. The molecule has 1 saturated carbocycles. The molecule has 1 aliphatic heterocycles. The molecule has 12 heteroatoms. The first-order valence-electron chi connectivity index (χ1n) is 12.0. The van der Waals surface area contributed by atoms with Crippen LogP contribution in [-0.4, -0.2) is 34.9 Å². The number of halogens is 7. The first-order chi connectivity index (χ1) is 17.6. The van der Waals surface area contributed by atoms with Crippen molar-refractivity contribution in [3.8, 4) is 0 Å². The molecule has 1 unspecified atom stereocenters. The number of fused-ring (bicyclic) bond motifs is 1. The van der Waals surface area contributed by atoms with E-state index in [1.54, 1.807) is 6.92 Å². The summed E-state index contributed by atoms with van der Waals surface area (Å²) in [6.07, 6.45) is -12.4. The van der Waals surface area contributed by atoms with Gasteiger partial charge in [-0.25, -0.2) is 9.18 Å². The van der Waals surface area contributed by atoms with Gasteiger partial charge < -0.3 is 15.6 Å². The molecule has 0 bridgehead atoms. The van der Waals surface area contributed by atoms with Gasteiger partial charge in [-0.05, 0) is 79.6 Å². The largest absolute Gasteiger partial charge is 0.416 e. The lowest BCUT2D eigenvalue weighted by Crippen LogP contribution is -2.45. The number of aryl methyl sites for hydroxylation is 1. The molecule has 2 aliphatic rings. The number of aliphatic hydroxyl groups excluding tert-OH is 1. The average Bonchev–Trinajstić information content (AvgIpc) is 3.15. The van der Waals surface area contributed by atoms with Crippen LogP contribution in [0, 0.1) is 24.6 Å². The van der Waals surface area contributed by atoms with Crippen molar-refractivity contribution in [2.45, 2.75) is 63.4 Å². The summed E-state index contributed by atoms with van der Waals surface area (Å²) in [4.78, 5) is 13.0. The molecule has 1 heterocycles. The first-order valence-corrected chi connectivity index (χ1v) is 12.0. The van der Waals surface area contributed by atoms with Gasteiger partial charge in [0.1, 0.15) is 12.0 Å². The van der Waals surface area contributed by atoms with Gasteiger partial charge in [-0.15, -0.1) is 0 Å². The number of aliphatic hydroxyl groups is 1. The predicted molar refractivity (Wildman–Crippen MR) is 122 cm³/mol. The highest BCUT2D eigenvalue weighted by molar-refractivity contribution is 5.72. The fourth-order valence-electron chi connectivity index (χ4n) is 5.85. The lowest BCUT2D eigenvalue weighted by molar-refractivity contribution is -0.143. The molecule has 2 fully saturated rings. The number of hydrogen-bond acceptors (Lipinski definition) is 3. The Morgan fingerprint density at radius 3 is 2.18 bits per heavy atom. The summed E-state index contributed by atoms with van der Waals surface area (Å²) in [6, 6.07) is 4.52. The van der Waals surface area contributed by atoms with Crippen LogP contribution in [0.2, 0.25) is 0 Å². The second kappa shape index (κ2) is 10.0. The SMILES string of the molecule is Cc1cc(F)ccc1[C@H]1[C@@H]2C(O)N(C(N)=O)C[C@H]2CC[C@@H]1O[C@H](C)c1cc(C(F)(F)F)cc(C(F)(F)F)c1. The maximum absolute atomic E-state index is 13.9. The van der Waals surface area contributed by atoms with Crippen LogP contribution in [0.3, 0.4) is 0 Å². The van der Waals surface area contributed by atoms with E-state index in [0.717, 1.165) is 4.90 Å². The van der Waals surface area contributed by atoms with Crippen LogP contribution in [-0.2, 0) is 17.1 Å². The molecule has 3 N–H and O–H groups in total. The van der Waals surface area contributed by atoms with Crippen LogP contribution in [0.15, 0.2) is 36.4 Å². The summed E-state index contributed by atoms with van der Waals surface area (Å²) in [5.74, 6) is -1.92. The number of hydrogen-bond donors (Lipinski definition) is 2. The normalized spacial score (nSPS) is 26.8. The minimum atomic E-state index is -5.01. The van der Waals surface area contributed by atoms with E-state index >= 15 is 0 Å². The summed E-state index contributed by atoms with van der Waals surface area (Å²) in [6.45, 7) is 3.19. The Hall–Kier alpha value is -2.86. The minimum absolute atomic E-state index is 0.0550. The quantitative estimate of drug-likeness (QED) is 0.451. The number of carbonyl (C=O) groups excluding carboxylic acids is 1. The number of alkyl halides is 6. The second-order valence-electron chi connectivity index (χ2n) is 10.0. The van der Waals surface area contributed by atoms with Crippen molar-refractivity contribution >= 4 is 6.03 Å². The number of nitrogens with two attached hydrogens (primary N) is 1. The Morgan fingerprint density at radius 1 is 1.05 bits per heavy atom. The van der Waals surface area contributed by atoms with Gasteiger partial charge in [0, 0.05) is 18.4 Å². The Morgan fingerprint density at radius 2 is 1.66 bits per heavy atom. The third kappa shape index (κ3) is 5.47. The minimum Gasteiger partial charge on any atom is -0.373 e. The molecule has 208 valence electrons. The second-order valence-corrected chi connectivity index (χ2v) is 10.0. The molecule has 2 amide bonds. The van der Waals surface area contributed by atoms with Gasteiger partial charge in [-0.2, -0.15) is 26.3 Å². The molecule has 6 atom stereocenters. The maximum Gasteiger partial charge on any atom is 0.416 e. The van der Waals surface area contributed by atoms with Crippen molar-refractivity contribution in [2.24, 2.45) is 17.6 Å². The Labute approximate surface area is 214 Å². The topological polar surface area (TPSA) is 75.8 Å². The van der Waals surface area contributed by atoms with Gasteiger partial charge in [0.25, 0.3) is 0 Å². The fourth-order valence-corrected chi connectivity index (χ4v) is 5.85. The standard InChI is InChI=1S/C26H27F7N2O3/c1-12-7-18(27)4-5-19(12)22-20(6-3-14-11-35(24(34)37)23(36)21(14)22)38-13(2)15-8-16(25(28,29)30)10-17(9-15)26(31,32)33/h4-5,7-10,13-14,20-23,36H,3,6,11H2,1-2H3,(H2,34,37)/t13-,14-,20+,21-,22-,23?/m1/s1. The van der Waals surface area contributed by atoms with Gasteiger partial charge in [0.05, 0.1) is 23.3 Å². The van der Waals surface area contributed by atoms with Crippen LogP contribution >= 0.6 is 0 Å². The summed E-state index contributed by atoms with van der Waals surface area (Å²) < 4.78 is 100. The molecule has 4 rings (SSSR count). The van der Waals surface area contributed by atoms with Crippen molar-refractivity contribution in [1.29, 1.82) is 0 Å². The fraction of sp³-hybridized carbons (Fsp3) is 0.500. The molecular formula is C26H27F7N2O3. The van der Waals surface area contributed by atoms with E-state index in [2.05, 4.69) is 0 Å². The highest BCUT2D eigenvalue weighted by atomic mass is 19.4. The molecule has 0 aromatic heterocycles. The van der Waals surface area contributed by atoms with Gasteiger partial charge in [-0.1, -0.05) is 6.07 Å². The summed E-state index contributed by atoms with van der Waals surface area (Å²) in [5.41, 5.74) is 3.35. The molecule has 1 aliphatic carbocycles. The van der Waals surface area contributed by atoms with Gasteiger partial charge in [-0.3, -0.25) is 4.90 Å². The van der Waals surface area contributed by atoms with Crippen molar-refractivity contribution < 1.29 is 45.4 Å². The zero-order valence-electron chi connectivity index (χ0n) is 20.5. The van der Waals surface area contributed by atoms with Crippen LogP contribution in [0.4, 0.5) is 35.5 Å². The predicted octanol–water partition coefficient (Wildman–Crippen LogP) is 6.14. The van der Waals surface area contributed by atoms with Gasteiger partial charge >= 0.3 is 18.4 Å². The summed E-state index contributed by atoms with van der Waals surface area (Å²) in [7, 11) is 0. The molecule has 0 spiro atoms. The number of benzene rings is 2. The molecule has 2 aromatic rings. The van der Waals surface area contributed by atoms with Gasteiger partial charge in [0.2, 0.25) is 0 Å². The Kier molecular flexibility index (Phi) is 7.43. The first kappa shape index (κ1) is 28.2. The number of primary amides is 1. The molecule has 2 aromatic carbocycles. The molecule has 5 nitrogen and oxygen atoms in total. The molecule has 38 heavy (non-hydrogen) atoms. The van der Waals surface area contributed by atoms with Crippen LogP contribution in [0.25, 0.3) is 0 Å². The average molecular weight is 548 g/mol. The van der Waals surface area contributed by atoms with Crippen LogP contribution in [0.1, 0.15) is 59.6 Å². The molecular weight excluding hydrogens is 521 g/mol. The Balaban J connectivity index is 1.73. The van der Waals surface area contributed by atoms with E-state index in [4.69, 9.17) is 10.5 Å². The zero-order chi connectivity index (χ0) is 28.2. The van der Waals surface area contributed by atoms with Crippen LogP contribution < -0.4 is 5.73 Å². The number of rotatable bonds is 4. The van der Waals surface area contributed by atoms with Crippen molar-refractivity contribution in [2.75, 3.05) is 6.54 Å². The number of likely N-dealkylation sites (tertiary alicyclic amines) is 1. The Bertz CT molecular complexity index is 1170. The van der Waals surface area contributed by atoms with E-state index in [1.165, 1.54) is 25.1 Å². The number of ether oxygens (including phenoxy) is 1. The van der Waals surface area contributed by atoms with E-state index in [1.807, 2.05) is 0 Å². The lowest BCUT2D eigenvalue weighted by Gasteiger charge is -2.42. The monoisotopic (exact) mass is 548 g/mol. The van der Waals surface area contributed by atoms with E-state index < -0.39 is 65.6 Å². The zero-order valence-corrected chi connectivity index (χ0v) is 20.5. The highest BCUT2D eigenvalue weighted by Gasteiger charge is 2.52. The van der Waals surface area contributed by atoms with Crippen molar-refractivity contribution in [3.63, 3.8) is 0 Å². The smallest absolute Gasteiger partial charge is 0.373 e. The molecule has 0 radical (unpaired) electrons. The molecule has 1 saturated heterocycles. The van der Waals surface area contributed by atoms with E-state index in [0.29, 0.717) is 36.1 Å². The number of amides is 2. The van der Waals surface area contributed by atoms with Crippen molar-refractivity contribution in [1.82, 2.24) is 4.90 Å². The van der Waals surface area contributed by atoms with Crippen molar-refractivity contribution in [3.05, 3.63) is 70.0 Å². The number of nitrogens with zero attached hydrogens (tertiary/aromatic N) is 1. The third-order valence-corrected chi connectivity index (χ3v) is 7.61. The van der Waals surface area contributed by atoms with Crippen LogP contribution in [0.5, 0.6) is 0 Å². The summed E-state index contributed by atoms with van der Waals surface area (Å²) >= 11 is 0. The van der Waals surface area contributed by atoms with E-state index in [9.17, 15) is 40.6 Å².